The smallest absolute Gasteiger partial charge is 0.134 e. The SMILES string of the molecule is CCN1CCC(Nc2ccc(O)c(Cl)c2)CC1. The van der Waals surface area contributed by atoms with Crippen LogP contribution in [-0.2, 0) is 0 Å². The number of nitrogens with one attached hydrogen (secondary N) is 1. The van der Waals surface area contributed by atoms with Crippen LogP contribution < -0.4 is 5.32 Å². The van der Waals surface area contributed by atoms with Crippen LogP contribution in [0.1, 0.15) is 19.8 Å². The number of benzene rings is 1. The van der Waals surface area contributed by atoms with Gasteiger partial charge in [0, 0.05) is 24.8 Å². The first-order valence-corrected chi connectivity index (χ1v) is 6.54. The normalized spacial score (nSPS) is 18.2. The van der Waals surface area contributed by atoms with Gasteiger partial charge in [-0.25, -0.2) is 0 Å². The number of piperidine rings is 1. The number of rotatable bonds is 3. The van der Waals surface area contributed by atoms with Gasteiger partial charge in [0.1, 0.15) is 5.75 Å². The molecule has 0 radical (unpaired) electrons. The number of hydrogen-bond donors (Lipinski definition) is 2. The number of likely N-dealkylation sites (tertiary alicyclic amines) is 1. The lowest BCUT2D eigenvalue weighted by Crippen LogP contribution is -2.38. The fourth-order valence-electron chi connectivity index (χ4n) is 2.23. The van der Waals surface area contributed by atoms with E-state index in [1.807, 2.05) is 6.07 Å². The lowest BCUT2D eigenvalue weighted by molar-refractivity contribution is 0.229. The standard InChI is InChI=1S/C13H19ClN2O/c1-2-16-7-5-10(6-8-16)15-11-3-4-13(17)12(14)9-11/h3-4,9-10,15,17H,2,5-8H2,1H3. The van der Waals surface area contributed by atoms with Crippen molar-refractivity contribution in [1.29, 1.82) is 0 Å². The van der Waals surface area contributed by atoms with Crippen LogP contribution >= 0.6 is 11.6 Å². The van der Waals surface area contributed by atoms with Crippen molar-refractivity contribution in [1.82, 2.24) is 4.90 Å². The Morgan fingerprint density at radius 3 is 2.71 bits per heavy atom. The van der Waals surface area contributed by atoms with Crippen LogP contribution in [-0.4, -0.2) is 35.7 Å². The van der Waals surface area contributed by atoms with E-state index in [4.69, 9.17) is 11.6 Å². The highest BCUT2D eigenvalue weighted by Crippen LogP contribution is 2.27. The minimum absolute atomic E-state index is 0.137. The number of hydrogen-bond acceptors (Lipinski definition) is 3. The predicted molar refractivity (Wildman–Crippen MR) is 71.9 cm³/mol. The zero-order valence-corrected chi connectivity index (χ0v) is 10.9. The first-order chi connectivity index (χ1) is 8.19. The van der Waals surface area contributed by atoms with Gasteiger partial charge in [0.15, 0.2) is 0 Å². The minimum Gasteiger partial charge on any atom is -0.506 e. The summed E-state index contributed by atoms with van der Waals surface area (Å²) < 4.78 is 0. The van der Waals surface area contributed by atoms with Gasteiger partial charge in [0.25, 0.3) is 0 Å². The summed E-state index contributed by atoms with van der Waals surface area (Å²) in [6.45, 7) is 5.64. The van der Waals surface area contributed by atoms with E-state index in [-0.39, 0.29) is 5.75 Å². The van der Waals surface area contributed by atoms with Crippen molar-refractivity contribution in [3.63, 3.8) is 0 Å². The molecule has 94 valence electrons. The zero-order chi connectivity index (χ0) is 12.3. The Hall–Kier alpha value is -0.930. The highest BCUT2D eigenvalue weighted by Gasteiger charge is 2.17. The van der Waals surface area contributed by atoms with Gasteiger partial charge in [-0.3, -0.25) is 0 Å². The van der Waals surface area contributed by atoms with Crippen molar-refractivity contribution in [3.05, 3.63) is 23.2 Å². The number of phenolic OH excluding ortho intramolecular Hbond substituents is 1. The van der Waals surface area contributed by atoms with Crippen LogP contribution in [0.3, 0.4) is 0 Å². The summed E-state index contributed by atoms with van der Waals surface area (Å²) in [6, 6.07) is 5.79. The summed E-state index contributed by atoms with van der Waals surface area (Å²) in [5, 5.41) is 13.2. The summed E-state index contributed by atoms with van der Waals surface area (Å²) in [5.41, 5.74) is 0.989. The molecule has 1 aliphatic heterocycles. The van der Waals surface area contributed by atoms with E-state index in [2.05, 4.69) is 17.1 Å². The molecule has 17 heavy (non-hydrogen) atoms. The second-order valence-corrected chi connectivity index (χ2v) is 4.93. The first-order valence-electron chi connectivity index (χ1n) is 6.16. The van der Waals surface area contributed by atoms with Gasteiger partial charge in [0.05, 0.1) is 5.02 Å². The third-order valence-corrected chi connectivity index (χ3v) is 3.66. The zero-order valence-electron chi connectivity index (χ0n) is 10.1. The molecule has 1 aromatic rings. The molecule has 3 nitrogen and oxygen atoms in total. The molecule has 0 unspecified atom stereocenters. The molecule has 2 rings (SSSR count). The number of aromatic hydroxyl groups is 1. The molecule has 0 aliphatic carbocycles. The Labute approximate surface area is 107 Å². The highest BCUT2D eigenvalue weighted by molar-refractivity contribution is 6.32. The molecule has 0 amide bonds. The molecule has 1 saturated heterocycles. The average molecular weight is 255 g/mol. The van der Waals surface area contributed by atoms with Crippen molar-refractivity contribution < 1.29 is 5.11 Å². The van der Waals surface area contributed by atoms with Crippen LogP contribution in [0.5, 0.6) is 5.75 Å². The van der Waals surface area contributed by atoms with Crippen LogP contribution in [0.25, 0.3) is 0 Å². The quantitative estimate of drug-likeness (QED) is 0.815. The van der Waals surface area contributed by atoms with Crippen molar-refractivity contribution >= 4 is 17.3 Å². The van der Waals surface area contributed by atoms with E-state index in [0.717, 1.165) is 38.2 Å². The molecule has 4 heteroatoms. The van der Waals surface area contributed by atoms with Crippen LogP contribution in [0.2, 0.25) is 5.02 Å². The number of halogens is 1. The summed E-state index contributed by atoms with van der Waals surface area (Å²) >= 11 is 5.88. The third kappa shape index (κ3) is 3.27. The van der Waals surface area contributed by atoms with E-state index >= 15 is 0 Å². The minimum atomic E-state index is 0.137. The van der Waals surface area contributed by atoms with Gasteiger partial charge in [-0.15, -0.1) is 0 Å². The van der Waals surface area contributed by atoms with Gasteiger partial charge in [-0.05, 0) is 37.6 Å². The predicted octanol–water partition coefficient (Wildman–Crippen LogP) is 2.94. The van der Waals surface area contributed by atoms with Crippen LogP contribution in [0.15, 0.2) is 18.2 Å². The molecule has 2 N–H and O–H groups in total. The first kappa shape index (κ1) is 12.5. The lowest BCUT2D eigenvalue weighted by Gasteiger charge is -2.32. The Balaban J connectivity index is 1.91. The monoisotopic (exact) mass is 254 g/mol. The Morgan fingerprint density at radius 2 is 2.12 bits per heavy atom. The van der Waals surface area contributed by atoms with Crippen molar-refractivity contribution in [2.45, 2.75) is 25.8 Å². The summed E-state index contributed by atoms with van der Waals surface area (Å²) in [7, 11) is 0. The van der Waals surface area contributed by atoms with Crippen molar-refractivity contribution in [2.75, 3.05) is 25.0 Å². The summed E-state index contributed by atoms with van der Waals surface area (Å²) in [6.07, 6.45) is 2.32. The Kier molecular flexibility index (Phi) is 4.13. The fourth-order valence-corrected chi connectivity index (χ4v) is 2.41. The molecule has 1 aliphatic rings. The maximum absolute atomic E-state index is 9.35. The van der Waals surface area contributed by atoms with E-state index in [1.54, 1.807) is 12.1 Å². The summed E-state index contributed by atoms with van der Waals surface area (Å²) in [4.78, 5) is 2.46. The molecule has 1 fully saturated rings. The molecule has 1 aromatic carbocycles. The van der Waals surface area contributed by atoms with Gasteiger partial charge < -0.3 is 15.3 Å². The molecule has 1 heterocycles. The van der Waals surface area contributed by atoms with E-state index in [1.165, 1.54) is 0 Å². The number of phenols is 1. The Morgan fingerprint density at radius 1 is 1.41 bits per heavy atom. The third-order valence-electron chi connectivity index (χ3n) is 3.35. The second-order valence-electron chi connectivity index (χ2n) is 4.52. The van der Waals surface area contributed by atoms with E-state index in [0.29, 0.717) is 11.1 Å². The largest absolute Gasteiger partial charge is 0.506 e. The number of anilines is 1. The van der Waals surface area contributed by atoms with Crippen molar-refractivity contribution in [3.8, 4) is 5.75 Å². The van der Waals surface area contributed by atoms with Gasteiger partial charge >= 0.3 is 0 Å². The van der Waals surface area contributed by atoms with Crippen molar-refractivity contribution in [2.24, 2.45) is 0 Å². The molecule has 0 aromatic heterocycles. The highest BCUT2D eigenvalue weighted by atomic mass is 35.5. The molecule has 0 bridgehead atoms. The van der Waals surface area contributed by atoms with E-state index in [9.17, 15) is 5.11 Å². The second kappa shape index (κ2) is 5.61. The topological polar surface area (TPSA) is 35.5 Å². The molecular weight excluding hydrogens is 236 g/mol. The van der Waals surface area contributed by atoms with Gasteiger partial charge in [-0.1, -0.05) is 18.5 Å². The fraction of sp³-hybridized carbons (Fsp3) is 0.538. The maximum atomic E-state index is 9.35. The lowest BCUT2D eigenvalue weighted by atomic mass is 10.0. The maximum Gasteiger partial charge on any atom is 0.134 e. The van der Waals surface area contributed by atoms with Gasteiger partial charge in [-0.2, -0.15) is 0 Å². The summed E-state index contributed by atoms with van der Waals surface area (Å²) in [5.74, 6) is 0.137. The molecule has 0 atom stereocenters. The Bertz CT molecular complexity index is 376. The van der Waals surface area contributed by atoms with Crippen LogP contribution in [0.4, 0.5) is 5.69 Å². The van der Waals surface area contributed by atoms with Gasteiger partial charge in [0.2, 0.25) is 0 Å². The molecule has 0 spiro atoms. The number of nitrogens with zero attached hydrogens (tertiary/aromatic N) is 1. The van der Waals surface area contributed by atoms with Crippen LogP contribution in [0, 0.1) is 0 Å². The molecular formula is C13H19ClN2O. The average Bonchev–Trinajstić information content (AvgIpc) is 2.35. The van der Waals surface area contributed by atoms with E-state index < -0.39 is 0 Å². The molecule has 0 saturated carbocycles.